The molecule has 1 aliphatic carbocycles. The van der Waals surface area contributed by atoms with Crippen LogP contribution in [0.5, 0.6) is 0 Å². The predicted octanol–water partition coefficient (Wildman–Crippen LogP) is 9.73. The van der Waals surface area contributed by atoms with Crippen LogP contribution in [0.4, 0.5) is 5.69 Å². The van der Waals surface area contributed by atoms with Gasteiger partial charge in [-0.15, -0.1) is 0 Å². The third kappa shape index (κ3) is 2.94. The molecule has 38 heavy (non-hydrogen) atoms. The summed E-state index contributed by atoms with van der Waals surface area (Å²) in [4.78, 5) is 3.59. The smallest absolute Gasteiger partial charge is 0.187 e. The Hall–Kier alpha value is -5.13. The third-order valence-corrected chi connectivity index (χ3v) is 8.03. The van der Waals surface area contributed by atoms with Crippen LogP contribution in [-0.4, -0.2) is 4.57 Å². The molecule has 1 aromatic heterocycles. The lowest BCUT2D eigenvalue weighted by atomic mass is 9.97. The maximum atomic E-state index is 7.36. The fourth-order valence-corrected chi connectivity index (χ4v) is 6.33. The minimum atomic E-state index is 0.659. The molecule has 0 spiro atoms. The van der Waals surface area contributed by atoms with Gasteiger partial charge in [0, 0.05) is 22.9 Å². The highest BCUT2D eigenvalue weighted by atomic mass is 15.0. The maximum Gasteiger partial charge on any atom is 0.187 e. The topological polar surface area (TPSA) is 9.29 Å². The second kappa shape index (κ2) is 7.93. The van der Waals surface area contributed by atoms with Crippen molar-refractivity contribution in [2.24, 2.45) is 0 Å². The van der Waals surface area contributed by atoms with Crippen molar-refractivity contribution >= 4 is 38.3 Å². The highest BCUT2D eigenvalue weighted by molar-refractivity contribution is 6.13. The van der Waals surface area contributed by atoms with E-state index in [0.717, 1.165) is 17.7 Å². The molecule has 0 atom stereocenters. The van der Waals surface area contributed by atoms with Crippen molar-refractivity contribution in [2.45, 2.75) is 6.42 Å². The van der Waals surface area contributed by atoms with Gasteiger partial charge in [0.1, 0.15) is 0 Å². The molecule has 0 bridgehead atoms. The molecule has 0 unspecified atom stereocenters. The SMILES string of the molecule is [C-]#[N+]c1ccc(-c2cc(-n3c4ccccc4c4ccc5c(c43)Cc3ccccc3-5)cc3ccccc23)cc1. The van der Waals surface area contributed by atoms with Crippen molar-refractivity contribution in [2.75, 3.05) is 0 Å². The van der Waals surface area contributed by atoms with Crippen LogP contribution >= 0.6 is 0 Å². The number of hydrogen-bond acceptors (Lipinski definition) is 0. The van der Waals surface area contributed by atoms with Gasteiger partial charge in [-0.2, -0.15) is 0 Å². The van der Waals surface area contributed by atoms with Gasteiger partial charge >= 0.3 is 0 Å². The molecule has 176 valence electrons. The summed E-state index contributed by atoms with van der Waals surface area (Å²) in [6, 6.07) is 43.4. The highest BCUT2D eigenvalue weighted by Gasteiger charge is 2.24. The molecular weight excluding hydrogens is 460 g/mol. The van der Waals surface area contributed by atoms with Gasteiger partial charge in [-0.3, -0.25) is 0 Å². The minimum Gasteiger partial charge on any atom is -0.309 e. The normalized spacial score (nSPS) is 12.1. The minimum absolute atomic E-state index is 0.659. The number of para-hydroxylation sites is 1. The van der Waals surface area contributed by atoms with Gasteiger partial charge in [0.25, 0.3) is 0 Å². The lowest BCUT2D eigenvalue weighted by Gasteiger charge is -2.15. The number of aromatic nitrogens is 1. The van der Waals surface area contributed by atoms with Gasteiger partial charge in [0.2, 0.25) is 0 Å². The monoisotopic (exact) mass is 482 g/mol. The van der Waals surface area contributed by atoms with E-state index in [0.29, 0.717) is 5.69 Å². The Labute approximate surface area is 220 Å². The van der Waals surface area contributed by atoms with Crippen LogP contribution in [0.3, 0.4) is 0 Å². The summed E-state index contributed by atoms with van der Waals surface area (Å²) >= 11 is 0. The van der Waals surface area contributed by atoms with Gasteiger partial charge in [-0.1, -0.05) is 103 Å². The van der Waals surface area contributed by atoms with E-state index >= 15 is 0 Å². The molecule has 7 aromatic rings. The molecule has 0 aliphatic heterocycles. The van der Waals surface area contributed by atoms with E-state index in [-0.39, 0.29) is 0 Å². The van der Waals surface area contributed by atoms with Crippen molar-refractivity contribution in [1.29, 1.82) is 0 Å². The van der Waals surface area contributed by atoms with Crippen LogP contribution in [0, 0.1) is 6.57 Å². The predicted molar refractivity (Wildman–Crippen MR) is 158 cm³/mol. The van der Waals surface area contributed by atoms with E-state index < -0.39 is 0 Å². The standard InChI is InChI=1S/C36H22N2/c1-37-26-16-14-23(15-17-26)33-22-27(20-24-8-2-5-11-29(24)33)38-35-13-7-6-12-31(35)32-19-18-30-28-10-4-3-9-25(28)21-34(30)36(32)38/h2-20,22H,21H2. The first-order valence-electron chi connectivity index (χ1n) is 12.9. The van der Waals surface area contributed by atoms with Crippen molar-refractivity contribution in [3.05, 3.63) is 144 Å². The van der Waals surface area contributed by atoms with Crippen LogP contribution in [0.25, 0.3) is 65.4 Å². The molecule has 0 saturated heterocycles. The van der Waals surface area contributed by atoms with E-state index in [1.165, 1.54) is 60.4 Å². The Balaban J connectivity index is 1.48. The van der Waals surface area contributed by atoms with Gasteiger partial charge in [-0.05, 0) is 62.4 Å². The fourth-order valence-electron chi connectivity index (χ4n) is 6.33. The van der Waals surface area contributed by atoms with Crippen molar-refractivity contribution in [1.82, 2.24) is 4.57 Å². The summed E-state index contributed by atoms with van der Waals surface area (Å²) in [7, 11) is 0. The zero-order chi connectivity index (χ0) is 25.2. The van der Waals surface area contributed by atoms with Crippen LogP contribution in [0.1, 0.15) is 11.1 Å². The Bertz CT molecular complexity index is 2100. The first-order chi connectivity index (χ1) is 18.8. The van der Waals surface area contributed by atoms with Gasteiger partial charge in [-0.25, -0.2) is 4.85 Å². The second-order valence-electron chi connectivity index (χ2n) is 10.0. The summed E-state index contributed by atoms with van der Waals surface area (Å²) in [6.07, 6.45) is 0.942. The zero-order valence-electron chi connectivity index (χ0n) is 20.6. The van der Waals surface area contributed by atoms with Crippen LogP contribution in [-0.2, 0) is 6.42 Å². The summed E-state index contributed by atoms with van der Waals surface area (Å²) in [5, 5.41) is 4.99. The van der Waals surface area contributed by atoms with E-state index in [2.05, 4.69) is 119 Å². The number of fused-ring (bicyclic) bond motifs is 8. The number of nitrogens with zero attached hydrogens (tertiary/aromatic N) is 2. The van der Waals surface area contributed by atoms with E-state index in [9.17, 15) is 0 Å². The molecule has 0 radical (unpaired) electrons. The van der Waals surface area contributed by atoms with Crippen molar-refractivity contribution in [3.8, 4) is 27.9 Å². The van der Waals surface area contributed by atoms with Crippen LogP contribution in [0.2, 0.25) is 0 Å². The largest absolute Gasteiger partial charge is 0.309 e. The first-order valence-corrected chi connectivity index (χ1v) is 12.9. The van der Waals surface area contributed by atoms with Crippen LogP contribution < -0.4 is 0 Å². The first kappa shape index (κ1) is 21.0. The maximum absolute atomic E-state index is 7.36. The van der Waals surface area contributed by atoms with Crippen molar-refractivity contribution in [3.63, 3.8) is 0 Å². The van der Waals surface area contributed by atoms with Gasteiger partial charge < -0.3 is 4.57 Å². The molecule has 0 amide bonds. The summed E-state index contributed by atoms with van der Waals surface area (Å²) in [5.41, 5.74) is 12.1. The van der Waals surface area contributed by atoms with Gasteiger partial charge in [0.15, 0.2) is 5.69 Å². The lowest BCUT2D eigenvalue weighted by molar-refractivity contribution is 1.16. The van der Waals surface area contributed by atoms with E-state index in [1.54, 1.807) is 0 Å². The molecule has 6 aromatic carbocycles. The number of hydrogen-bond donors (Lipinski definition) is 0. The lowest BCUT2D eigenvalue weighted by Crippen LogP contribution is -1.98. The van der Waals surface area contributed by atoms with Crippen LogP contribution in [0.15, 0.2) is 121 Å². The van der Waals surface area contributed by atoms with E-state index in [4.69, 9.17) is 6.57 Å². The average Bonchev–Trinajstić information content (AvgIpc) is 3.53. The molecule has 1 aliphatic rings. The number of benzene rings is 6. The molecule has 0 N–H and O–H groups in total. The molecule has 0 saturated carbocycles. The summed E-state index contributed by atoms with van der Waals surface area (Å²) < 4.78 is 2.47. The summed E-state index contributed by atoms with van der Waals surface area (Å²) in [6.45, 7) is 7.36. The second-order valence-corrected chi connectivity index (χ2v) is 10.0. The fraction of sp³-hybridized carbons (Fsp3) is 0.0278. The Kier molecular flexibility index (Phi) is 4.39. The highest BCUT2D eigenvalue weighted by Crippen LogP contribution is 2.45. The molecule has 2 nitrogen and oxygen atoms in total. The Morgan fingerprint density at radius 1 is 0.605 bits per heavy atom. The average molecular weight is 483 g/mol. The molecular formula is C36H22N2. The summed E-state index contributed by atoms with van der Waals surface area (Å²) in [5.74, 6) is 0. The molecule has 1 heterocycles. The Morgan fingerprint density at radius 3 is 2.24 bits per heavy atom. The quantitative estimate of drug-likeness (QED) is 0.217. The molecule has 2 heteroatoms. The number of rotatable bonds is 2. The molecule has 0 fully saturated rings. The Morgan fingerprint density at radius 2 is 1.37 bits per heavy atom. The third-order valence-electron chi connectivity index (χ3n) is 8.03. The van der Waals surface area contributed by atoms with E-state index in [1.807, 2.05) is 12.1 Å². The molecule has 8 rings (SSSR count). The zero-order valence-corrected chi connectivity index (χ0v) is 20.6. The van der Waals surface area contributed by atoms with Crippen molar-refractivity contribution < 1.29 is 0 Å². The van der Waals surface area contributed by atoms with Gasteiger partial charge in [0.05, 0.1) is 17.6 Å².